The Kier molecular flexibility index (Phi) is 7.66. The van der Waals surface area contributed by atoms with Gasteiger partial charge in [-0.3, -0.25) is 9.59 Å². The number of rotatable bonds is 9. The number of anilines is 1. The molecule has 1 atom stereocenters. The van der Waals surface area contributed by atoms with E-state index in [1.54, 1.807) is 11.3 Å². The topological polar surface area (TPSA) is 61.4 Å². The predicted octanol–water partition coefficient (Wildman–Crippen LogP) is 3.27. The van der Waals surface area contributed by atoms with E-state index >= 15 is 0 Å². The lowest BCUT2D eigenvalue weighted by Crippen LogP contribution is -2.37. The summed E-state index contributed by atoms with van der Waals surface area (Å²) in [6.45, 7) is 7.87. The maximum absolute atomic E-state index is 12.3. The van der Waals surface area contributed by atoms with Crippen molar-refractivity contribution in [2.45, 2.75) is 33.2 Å². The van der Waals surface area contributed by atoms with Gasteiger partial charge in [-0.25, -0.2) is 0 Å². The second-order valence-electron chi connectivity index (χ2n) is 6.19. The molecule has 0 spiro atoms. The molecule has 2 rings (SSSR count). The Balaban J connectivity index is 1.87. The van der Waals surface area contributed by atoms with Crippen molar-refractivity contribution in [3.05, 3.63) is 52.2 Å². The van der Waals surface area contributed by atoms with Gasteiger partial charge in [0.25, 0.3) is 0 Å². The normalized spacial score (nSPS) is 11.7. The second-order valence-corrected chi connectivity index (χ2v) is 7.17. The number of nitrogens with zero attached hydrogens (tertiary/aromatic N) is 1. The molecule has 0 saturated heterocycles. The van der Waals surface area contributed by atoms with Crippen LogP contribution in [0.1, 0.15) is 36.8 Å². The largest absolute Gasteiger partial charge is 0.370 e. The fourth-order valence-corrected chi connectivity index (χ4v) is 3.69. The van der Waals surface area contributed by atoms with E-state index in [4.69, 9.17) is 0 Å². The minimum Gasteiger partial charge on any atom is -0.370 e. The van der Waals surface area contributed by atoms with E-state index in [1.807, 2.05) is 29.6 Å². The number of thiophene rings is 1. The van der Waals surface area contributed by atoms with Crippen LogP contribution in [-0.2, 0) is 9.59 Å². The Morgan fingerprint density at radius 2 is 1.96 bits per heavy atom. The Labute approximate surface area is 159 Å². The molecular weight excluding hydrogens is 346 g/mol. The third kappa shape index (κ3) is 5.88. The first-order valence-electron chi connectivity index (χ1n) is 8.89. The second kappa shape index (κ2) is 9.97. The van der Waals surface area contributed by atoms with E-state index < -0.39 is 0 Å². The lowest BCUT2D eigenvalue weighted by Gasteiger charge is -2.25. The highest BCUT2D eigenvalue weighted by molar-refractivity contribution is 7.10. The van der Waals surface area contributed by atoms with Crippen LogP contribution in [0, 0.1) is 6.92 Å². The molecular formula is C20H27N3O2S. The molecule has 1 aromatic carbocycles. The van der Waals surface area contributed by atoms with Crippen LogP contribution >= 0.6 is 11.3 Å². The predicted molar refractivity (Wildman–Crippen MR) is 108 cm³/mol. The first-order valence-corrected chi connectivity index (χ1v) is 9.77. The first kappa shape index (κ1) is 20.0. The van der Waals surface area contributed by atoms with Crippen molar-refractivity contribution in [2.75, 3.05) is 24.5 Å². The van der Waals surface area contributed by atoms with Crippen LogP contribution in [0.4, 0.5) is 5.69 Å². The van der Waals surface area contributed by atoms with Crippen LogP contribution in [0.3, 0.4) is 0 Å². The SMILES string of the molecule is CCN(CCNC(=O)C[C@H](NC(C)=O)c1cccs1)c1ccccc1C. The molecule has 6 heteroatoms. The molecule has 26 heavy (non-hydrogen) atoms. The standard InChI is InChI=1S/C20H27N3O2S/c1-4-23(18-9-6-5-8-15(18)2)12-11-21-20(25)14-17(22-16(3)24)19-10-7-13-26-19/h5-10,13,17H,4,11-12,14H2,1-3H3,(H,21,25)(H,22,24)/t17-/m0/s1. The van der Waals surface area contributed by atoms with Gasteiger partial charge in [0.1, 0.15) is 0 Å². The lowest BCUT2D eigenvalue weighted by molar-refractivity contribution is -0.122. The van der Waals surface area contributed by atoms with E-state index in [1.165, 1.54) is 18.2 Å². The summed E-state index contributed by atoms with van der Waals surface area (Å²) in [5.41, 5.74) is 2.42. The van der Waals surface area contributed by atoms with Gasteiger partial charge in [0.15, 0.2) is 0 Å². The first-order chi connectivity index (χ1) is 12.5. The summed E-state index contributed by atoms with van der Waals surface area (Å²) in [5, 5.41) is 7.78. The average molecular weight is 374 g/mol. The van der Waals surface area contributed by atoms with Crippen LogP contribution in [0.5, 0.6) is 0 Å². The molecule has 0 aliphatic carbocycles. The lowest BCUT2D eigenvalue weighted by atomic mass is 10.1. The summed E-state index contributed by atoms with van der Waals surface area (Å²) in [7, 11) is 0. The maximum atomic E-state index is 12.3. The van der Waals surface area contributed by atoms with Gasteiger partial charge in [-0.15, -0.1) is 11.3 Å². The minimum absolute atomic E-state index is 0.0574. The van der Waals surface area contributed by atoms with E-state index in [0.29, 0.717) is 6.54 Å². The van der Waals surface area contributed by atoms with Crippen molar-refractivity contribution in [1.82, 2.24) is 10.6 Å². The van der Waals surface area contributed by atoms with Gasteiger partial charge in [0.05, 0.1) is 12.5 Å². The highest BCUT2D eigenvalue weighted by Gasteiger charge is 2.18. The molecule has 0 bridgehead atoms. The van der Waals surface area contributed by atoms with Crippen molar-refractivity contribution in [2.24, 2.45) is 0 Å². The van der Waals surface area contributed by atoms with Crippen molar-refractivity contribution in [3.63, 3.8) is 0 Å². The monoisotopic (exact) mass is 373 g/mol. The Hall–Kier alpha value is -2.34. The Bertz CT molecular complexity index is 716. The highest BCUT2D eigenvalue weighted by atomic mass is 32.1. The maximum Gasteiger partial charge on any atom is 0.222 e. The molecule has 0 saturated carbocycles. The molecule has 1 heterocycles. The van der Waals surface area contributed by atoms with E-state index in [2.05, 4.69) is 41.5 Å². The summed E-state index contributed by atoms with van der Waals surface area (Å²) >= 11 is 1.54. The number of nitrogens with one attached hydrogen (secondary N) is 2. The van der Waals surface area contributed by atoms with Gasteiger partial charge >= 0.3 is 0 Å². The van der Waals surface area contributed by atoms with Crippen molar-refractivity contribution in [3.8, 4) is 0 Å². The van der Waals surface area contributed by atoms with Gasteiger partial charge in [-0.1, -0.05) is 24.3 Å². The molecule has 2 amide bonds. The molecule has 0 unspecified atom stereocenters. The third-order valence-electron chi connectivity index (χ3n) is 4.20. The van der Waals surface area contributed by atoms with Gasteiger partial charge in [0.2, 0.25) is 11.8 Å². The zero-order valence-corrected chi connectivity index (χ0v) is 16.4. The van der Waals surface area contributed by atoms with Crippen molar-refractivity contribution in [1.29, 1.82) is 0 Å². The molecule has 0 aliphatic heterocycles. The van der Waals surface area contributed by atoms with Crippen LogP contribution in [0.2, 0.25) is 0 Å². The molecule has 0 fully saturated rings. The number of amides is 2. The van der Waals surface area contributed by atoms with E-state index in [-0.39, 0.29) is 24.3 Å². The molecule has 5 nitrogen and oxygen atoms in total. The molecule has 0 radical (unpaired) electrons. The summed E-state index contributed by atoms with van der Waals surface area (Å²) in [5.74, 6) is -0.189. The number of para-hydroxylation sites is 1. The highest BCUT2D eigenvalue weighted by Crippen LogP contribution is 2.22. The summed E-state index contributed by atoms with van der Waals surface area (Å²) in [6.07, 6.45) is 0.247. The fraction of sp³-hybridized carbons (Fsp3) is 0.400. The number of carbonyl (C=O) groups excluding carboxylic acids is 2. The minimum atomic E-state index is -0.272. The van der Waals surface area contributed by atoms with Gasteiger partial charge in [-0.2, -0.15) is 0 Å². The zero-order chi connectivity index (χ0) is 18.9. The fourth-order valence-electron chi connectivity index (χ4n) is 2.91. The summed E-state index contributed by atoms with van der Waals surface area (Å²) in [4.78, 5) is 27.0. The van der Waals surface area contributed by atoms with Crippen molar-refractivity contribution >= 4 is 28.8 Å². The number of carbonyl (C=O) groups is 2. The summed E-state index contributed by atoms with van der Waals surface area (Å²) in [6, 6.07) is 11.8. The number of benzene rings is 1. The van der Waals surface area contributed by atoms with E-state index in [9.17, 15) is 9.59 Å². The third-order valence-corrected chi connectivity index (χ3v) is 5.18. The van der Waals surface area contributed by atoms with Crippen LogP contribution in [-0.4, -0.2) is 31.4 Å². The molecule has 0 aliphatic rings. The van der Waals surface area contributed by atoms with Crippen LogP contribution in [0.25, 0.3) is 0 Å². The number of hydrogen-bond acceptors (Lipinski definition) is 4. The Morgan fingerprint density at radius 1 is 1.19 bits per heavy atom. The summed E-state index contributed by atoms with van der Waals surface area (Å²) < 4.78 is 0. The number of hydrogen-bond donors (Lipinski definition) is 2. The van der Waals surface area contributed by atoms with Gasteiger partial charge < -0.3 is 15.5 Å². The molecule has 2 aromatic rings. The number of aryl methyl sites for hydroxylation is 1. The molecule has 140 valence electrons. The quantitative estimate of drug-likeness (QED) is 0.709. The van der Waals surface area contributed by atoms with Crippen molar-refractivity contribution < 1.29 is 9.59 Å². The van der Waals surface area contributed by atoms with Crippen LogP contribution in [0.15, 0.2) is 41.8 Å². The molecule has 2 N–H and O–H groups in total. The number of likely N-dealkylation sites (N-methyl/N-ethyl adjacent to an activating group) is 1. The van der Waals surface area contributed by atoms with Gasteiger partial charge in [-0.05, 0) is 36.9 Å². The smallest absolute Gasteiger partial charge is 0.222 e. The zero-order valence-electron chi connectivity index (χ0n) is 15.6. The average Bonchev–Trinajstić information content (AvgIpc) is 3.13. The van der Waals surface area contributed by atoms with Crippen LogP contribution < -0.4 is 15.5 Å². The van der Waals surface area contributed by atoms with Gasteiger partial charge in [0, 0.05) is 37.1 Å². The molecule has 1 aromatic heterocycles. The Morgan fingerprint density at radius 3 is 2.58 bits per heavy atom. The van der Waals surface area contributed by atoms with E-state index in [0.717, 1.165) is 18.0 Å².